The van der Waals surface area contributed by atoms with Gasteiger partial charge in [0.25, 0.3) is 0 Å². The molecule has 0 radical (unpaired) electrons. The van der Waals surface area contributed by atoms with Gasteiger partial charge in [-0.3, -0.25) is 9.59 Å². The van der Waals surface area contributed by atoms with Crippen molar-refractivity contribution in [1.29, 1.82) is 0 Å². The molecule has 300 valence electrons. The van der Waals surface area contributed by atoms with Crippen LogP contribution < -0.4 is 0 Å². The van der Waals surface area contributed by atoms with Crippen LogP contribution in [0.25, 0.3) is 0 Å². The van der Waals surface area contributed by atoms with Crippen LogP contribution >= 0.6 is 0 Å². The van der Waals surface area contributed by atoms with E-state index in [2.05, 4.69) is 19.9 Å². The van der Waals surface area contributed by atoms with Crippen molar-refractivity contribution in [2.24, 2.45) is 0 Å². The fraction of sp³-hybridized carbons (Fsp3) is 0.902. The Kier molecular flexibility index (Phi) is 30.7. The molecular weight excluding hydrogens is 652 g/mol. The van der Waals surface area contributed by atoms with Crippen LogP contribution in [0, 0.1) is 0 Å². The molecule has 0 aliphatic carbocycles. The number of unbranched alkanes of at least 4 members (excludes halogenated alkanes) is 21. The summed E-state index contributed by atoms with van der Waals surface area (Å²) in [4.78, 5) is 25.2. The third-order valence-electron chi connectivity index (χ3n) is 9.66. The molecule has 1 aliphatic rings. The van der Waals surface area contributed by atoms with E-state index in [1.807, 2.05) is 6.08 Å². The molecule has 2 unspecified atom stereocenters. The zero-order valence-corrected chi connectivity index (χ0v) is 32.4. The fourth-order valence-corrected chi connectivity index (χ4v) is 6.32. The highest BCUT2D eigenvalue weighted by Gasteiger charge is 2.44. The monoisotopic (exact) mass is 729 g/mol. The van der Waals surface area contributed by atoms with Gasteiger partial charge < -0.3 is 39.4 Å². The first-order valence-electron chi connectivity index (χ1n) is 20.8. The van der Waals surface area contributed by atoms with Crippen molar-refractivity contribution in [2.75, 3.05) is 19.8 Å². The maximum absolute atomic E-state index is 12.7. The number of aliphatic hydroxyl groups is 4. The molecular formula is C41H76O10. The number of carbonyl (C=O) groups excluding carboxylic acids is 2. The molecule has 4 N–H and O–H groups in total. The second kappa shape index (κ2) is 33.0. The molecule has 0 amide bonds. The molecule has 1 saturated heterocycles. The highest BCUT2D eigenvalue weighted by atomic mass is 16.7. The molecule has 51 heavy (non-hydrogen) atoms. The van der Waals surface area contributed by atoms with Crippen molar-refractivity contribution in [3.8, 4) is 0 Å². The standard InChI is InChI=1S/C41H76O10/c1-3-5-7-9-11-13-15-16-17-18-20-21-23-25-27-29-36(43)48-32-34(33-49-41-40(47)39(46)38(45)35(31-42)51-41)50-37(44)30-28-26-24-22-19-14-12-10-8-6-4-2/h23,25,34-35,38-42,45-47H,3-22,24,26-33H2,1-2H3/b25-23+/t34-,35-,38+,39?,40?,41-/m0/s1. The van der Waals surface area contributed by atoms with Crippen molar-refractivity contribution in [1.82, 2.24) is 0 Å². The van der Waals surface area contributed by atoms with Crippen LogP contribution in [-0.2, 0) is 28.5 Å². The molecule has 1 aliphatic heterocycles. The summed E-state index contributed by atoms with van der Waals surface area (Å²) in [6, 6.07) is 0. The van der Waals surface area contributed by atoms with Gasteiger partial charge in [-0.05, 0) is 25.7 Å². The number of carbonyl (C=O) groups is 2. The van der Waals surface area contributed by atoms with Crippen molar-refractivity contribution in [3.63, 3.8) is 0 Å². The molecule has 6 atom stereocenters. The maximum atomic E-state index is 12.7. The average molecular weight is 729 g/mol. The van der Waals surface area contributed by atoms with Crippen LogP contribution in [-0.4, -0.2) is 89.0 Å². The van der Waals surface area contributed by atoms with Crippen molar-refractivity contribution < 1.29 is 49.0 Å². The Morgan fingerprint density at radius 3 is 1.61 bits per heavy atom. The van der Waals surface area contributed by atoms with Crippen LogP contribution in [0.4, 0.5) is 0 Å². The number of ether oxygens (including phenoxy) is 4. The molecule has 1 rings (SSSR count). The van der Waals surface area contributed by atoms with E-state index in [1.165, 1.54) is 109 Å². The Morgan fingerprint density at radius 1 is 0.588 bits per heavy atom. The lowest BCUT2D eigenvalue weighted by Crippen LogP contribution is -2.59. The number of hydrogen-bond donors (Lipinski definition) is 4. The third-order valence-corrected chi connectivity index (χ3v) is 9.66. The summed E-state index contributed by atoms with van der Waals surface area (Å²) in [7, 11) is 0. The largest absolute Gasteiger partial charge is 0.462 e. The maximum Gasteiger partial charge on any atom is 0.306 e. The Bertz CT molecular complexity index is 850. The van der Waals surface area contributed by atoms with Crippen LogP contribution in [0.2, 0.25) is 0 Å². The van der Waals surface area contributed by atoms with E-state index in [1.54, 1.807) is 0 Å². The van der Waals surface area contributed by atoms with Gasteiger partial charge in [-0.2, -0.15) is 0 Å². The van der Waals surface area contributed by atoms with Gasteiger partial charge in [0.1, 0.15) is 31.0 Å². The SMILES string of the molecule is CCCCCCCCCCCCC/C=C/CCC(=O)OC[C@@H](CO[C@H]1O[C@@H](CO)[C@@H](O)C(O)C1O)OC(=O)CCCCCCCCCCCCC. The minimum Gasteiger partial charge on any atom is -0.462 e. The Hall–Kier alpha value is -1.56. The highest BCUT2D eigenvalue weighted by molar-refractivity contribution is 5.70. The summed E-state index contributed by atoms with van der Waals surface area (Å²) >= 11 is 0. The molecule has 0 bridgehead atoms. The zero-order valence-electron chi connectivity index (χ0n) is 32.4. The molecule has 0 aromatic heterocycles. The lowest BCUT2D eigenvalue weighted by Gasteiger charge is -2.39. The van der Waals surface area contributed by atoms with Crippen LogP contribution in [0.3, 0.4) is 0 Å². The summed E-state index contributed by atoms with van der Waals surface area (Å²) in [6.45, 7) is 3.37. The van der Waals surface area contributed by atoms with Crippen molar-refractivity contribution in [3.05, 3.63) is 12.2 Å². The topological polar surface area (TPSA) is 152 Å². The van der Waals surface area contributed by atoms with Gasteiger partial charge in [0.05, 0.1) is 13.2 Å². The summed E-state index contributed by atoms with van der Waals surface area (Å²) in [6.07, 6.45) is 25.2. The zero-order chi connectivity index (χ0) is 37.4. The predicted molar refractivity (Wildman–Crippen MR) is 201 cm³/mol. The van der Waals surface area contributed by atoms with E-state index in [-0.39, 0.29) is 26.1 Å². The molecule has 0 aromatic rings. The van der Waals surface area contributed by atoms with E-state index < -0.39 is 55.4 Å². The number of aliphatic hydroxyl groups excluding tert-OH is 4. The molecule has 10 heteroatoms. The van der Waals surface area contributed by atoms with E-state index in [0.717, 1.165) is 32.1 Å². The van der Waals surface area contributed by atoms with Crippen LogP contribution in [0.5, 0.6) is 0 Å². The lowest BCUT2D eigenvalue weighted by molar-refractivity contribution is -0.305. The quantitative estimate of drug-likeness (QED) is 0.0291. The van der Waals surface area contributed by atoms with Gasteiger partial charge in [0.15, 0.2) is 12.4 Å². The van der Waals surface area contributed by atoms with E-state index >= 15 is 0 Å². The smallest absolute Gasteiger partial charge is 0.306 e. The van der Waals surface area contributed by atoms with Gasteiger partial charge in [0, 0.05) is 12.8 Å². The van der Waals surface area contributed by atoms with E-state index in [0.29, 0.717) is 12.8 Å². The van der Waals surface area contributed by atoms with Crippen molar-refractivity contribution in [2.45, 2.75) is 218 Å². The molecule has 0 aromatic carbocycles. The summed E-state index contributed by atoms with van der Waals surface area (Å²) < 4.78 is 22.0. The minimum atomic E-state index is -1.59. The Balaban J connectivity index is 2.37. The first-order chi connectivity index (χ1) is 24.8. The summed E-state index contributed by atoms with van der Waals surface area (Å²) in [5.74, 6) is -0.858. The van der Waals surface area contributed by atoms with Gasteiger partial charge in [-0.15, -0.1) is 0 Å². The average Bonchev–Trinajstić information content (AvgIpc) is 3.13. The van der Waals surface area contributed by atoms with E-state index in [4.69, 9.17) is 18.9 Å². The number of allylic oxidation sites excluding steroid dienone is 2. The lowest BCUT2D eigenvalue weighted by atomic mass is 9.99. The first kappa shape index (κ1) is 47.5. The molecule has 10 nitrogen and oxygen atoms in total. The van der Waals surface area contributed by atoms with E-state index in [9.17, 15) is 30.0 Å². The molecule has 0 saturated carbocycles. The van der Waals surface area contributed by atoms with Crippen LogP contribution in [0.1, 0.15) is 181 Å². The molecule has 0 spiro atoms. The molecule has 1 heterocycles. The Labute approximate surface area is 310 Å². The number of rotatable bonds is 34. The number of hydrogen-bond acceptors (Lipinski definition) is 10. The summed E-state index contributed by atoms with van der Waals surface area (Å²) in [5.41, 5.74) is 0. The van der Waals surface area contributed by atoms with Gasteiger partial charge in [0.2, 0.25) is 0 Å². The highest BCUT2D eigenvalue weighted by Crippen LogP contribution is 2.22. The van der Waals surface area contributed by atoms with Gasteiger partial charge >= 0.3 is 11.9 Å². The second-order valence-electron chi connectivity index (χ2n) is 14.4. The Morgan fingerprint density at radius 2 is 1.08 bits per heavy atom. The first-order valence-corrected chi connectivity index (χ1v) is 20.8. The van der Waals surface area contributed by atoms with Gasteiger partial charge in [-0.25, -0.2) is 0 Å². The third kappa shape index (κ3) is 25.2. The van der Waals surface area contributed by atoms with Crippen molar-refractivity contribution >= 4 is 11.9 Å². The fourth-order valence-electron chi connectivity index (χ4n) is 6.32. The minimum absolute atomic E-state index is 0.196. The molecule has 1 fully saturated rings. The number of esters is 2. The normalized spacial score (nSPS) is 21.3. The van der Waals surface area contributed by atoms with Gasteiger partial charge in [-0.1, -0.05) is 154 Å². The van der Waals surface area contributed by atoms with Crippen LogP contribution in [0.15, 0.2) is 12.2 Å². The second-order valence-corrected chi connectivity index (χ2v) is 14.4. The summed E-state index contributed by atoms with van der Waals surface area (Å²) in [5, 5.41) is 39.9. The predicted octanol–water partition coefficient (Wildman–Crippen LogP) is 8.00.